The van der Waals surface area contributed by atoms with Gasteiger partial charge in [0.15, 0.2) is 0 Å². The van der Waals surface area contributed by atoms with Gasteiger partial charge in [0.25, 0.3) is 0 Å². The van der Waals surface area contributed by atoms with E-state index in [-0.39, 0.29) is 31.6 Å². The molecule has 0 atom stereocenters. The van der Waals surface area contributed by atoms with Crippen LogP contribution in [0.4, 0.5) is 0 Å². The quantitative estimate of drug-likeness (QED) is 0.158. The largest absolute Gasteiger partial charge is 0.550 e. The molecule has 0 rings (SSSR count). The van der Waals surface area contributed by atoms with Crippen molar-refractivity contribution < 1.29 is 29.0 Å². The summed E-state index contributed by atoms with van der Waals surface area (Å²) in [7, 11) is 0. The molecule has 0 aliphatic carbocycles. The molecule has 0 aromatic heterocycles. The molecule has 0 N–H and O–H groups in total. The summed E-state index contributed by atoms with van der Waals surface area (Å²) in [6, 6.07) is 0. The van der Waals surface area contributed by atoms with Crippen LogP contribution in [-0.2, 0) is 23.9 Å². The minimum Gasteiger partial charge on any atom is -0.550 e. The van der Waals surface area contributed by atoms with Crippen molar-refractivity contribution in [3.05, 3.63) is 0 Å². The molecule has 0 unspecified atom stereocenters. The van der Waals surface area contributed by atoms with E-state index in [4.69, 9.17) is 9.47 Å². The molecule has 0 aliphatic heterocycles. The number of carbonyl (C=O) groups excluding carboxylic acids is 3. The molecule has 0 amide bonds. The van der Waals surface area contributed by atoms with Crippen LogP contribution < -0.4 is 5.11 Å². The average molecular weight is 456 g/mol. The van der Waals surface area contributed by atoms with Crippen LogP contribution in [0.1, 0.15) is 130 Å². The van der Waals surface area contributed by atoms with E-state index in [1.165, 1.54) is 44.9 Å². The monoisotopic (exact) mass is 455 g/mol. The van der Waals surface area contributed by atoms with Crippen LogP contribution in [0.2, 0.25) is 0 Å². The molecule has 6 heteroatoms. The van der Waals surface area contributed by atoms with E-state index in [2.05, 4.69) is 6.92 Å². The van der Waals surface area contributed by atoms with Crippen LogP contribution in [0.3, 0.4) is 0 Å². The molecule has 0 aromatic carbocycles. The Morgan fingerprint density at radius 3 is 1.31 bits per heavy atom. The van der Waals surface area contributed by atoms with Crippen LogP contribution in [0.5, 0.6) is 0 Å². The van der Waals surface area contributed by atoms with Gasteiger partial charge in [0.2, 0.25) is 0 Å². The zero-order valence-corrected chi connectivity index (χ0v) is 20.9. The van der Waals surface area contributed by atoms with Crippen molar-refractivity contribution in [2.45, 2.75) is 130 Å². The highest BCUT2D eigenvalue weighted by Gasteiger charge is 2.22. The maximum atomic E-state index is 12.0. The number of carboxylic acid groups (broad SMARTS) is 1. The highest BCUT2D eigenvalue weighted by Crippen LogP contribution is 2.18. The van der Waals surface area contributed by atoms with Crippen molar-refractivity contribution >= 4 is 17.9 Å². The molecule has 0 heterocycles. The van der Waals surface area contributed by atoms with E-state index >= 15 is 0 Å². The summed E-state index contributed by atoms with van der Waals surface area (Å²) in [6.07, 6.45) is 15.8. The van der Waals surface area contributed by atoms with Gasteiger partial charge in [-0.25, -0.2) is 0 Å². The van der Waals surface area contributed by atoms with Crippen LogP contribution in [0, 0.1) is 5.41 Å². The van der Waals surface area contributed by atoms with Crippen molar-refractivity contribution in [3.8, 4) is 0 Å². The molecular weight excluding hydrogens is 408 g/mol. The number of esters is 2. The first-order valence-electron chi connectivity index (χ1n) is 12.8. The molecule has 32 heavy (non-hydrogen) atoms. The van der Waals surface area contributed by atoms with Crippen molar-refractivity contribution in [1.82, 2.24) is 0 Å². The normalized spacial score (nSPS) is 11.3. The summed E-state index contributed by atoms with van der Waals surface area (Å²) in [5.74, 6) is -1.43. The van der Waals surface area contributed by atoms with Gasteiger partial charge in [0, 0.05) is 24.2 Å². The second-order valence-corrected chi connectivity index (χ2v) is 9.70. The second-order valence-electron chi connectivity index (χ2n) is 9.70. The zero-order chi connectivity index (χ0) is 24.1. The number of hydrogen-bond acceptors (Lipinski definition) is 6. The van der Waals surface area contributed by atoms with Crippen molar-refractivity contribution in [1.29, 1.82) is 0 Å². The lowest BCUT2D eigenvalue weighted by Gasteiger charge is -2.23. The molecule has 0 fully saturated rings. The van der Waals surface area contributed by atoms with Gasteiger partial charge in [0.05, 0.1) is 13.2 Å². The Morgan fingerprint density at radius 2 is 0.938 bits per heavy atom. The van der Waals surface area contributed by atoms with Crippen LogP contribution in [0.25, 0.3) is 0 Å². The topological polar surface area (TPSA) is 92.7 Å². The molecule has 0 spiro atoms. The average Bonchev–Trinajstić information content (AvgIpc) is 2.74. The Morgan fingerprint density at radius 1 is 0.594 bits per heavy atom. The summed E-state index contributed by atoms with van der Waals surface area (Å²) in [6.45, 7) is 6.54. The van der Waals surface area contributed by atoms with Crippen LogP contribution in [-0.4, -0.2) is 31.1 Å². The summed E-state index contributed by atoms with van der Waals surface area (Å²) in [4.78, 5) is 34.2. The van der Waals surface area contributed by atoms with Gasteiger partial charge in [-0.05, 0) is 25.7 Å². The fraction of sp³-hybridized carbons (Fsp3) is 0.885. The minimum absolute atomic E-state index is 0.0981. The molecule has 188 valence electrons. The molecule has 0 aliphatic rings. The Hall–Kier alpha value is -1.59. The van der Waals surface area contributed by atoms with Gasteiger partial charge in [-0.3, -0.25) is 9.59 Å². The van der Waals surface area contributed by atoms with Gasteiger partial charge in [-0.15, -0.1) is 0 Å². The lowest BCUT2D eigenvalue weighted by atomic mass is 9.96. The number of unbranched alkanes of at least 4 members (excludes halogenated alkanes) is 12. The molecule has 0 saturated carbocycles. The molecular formula is C26H47O6-. The fourth-order valence-corrected chi connectivity index (χ4v) is 3.39. The van der Waals surface area contributed by atoms with E-state index in [0.29, 0.717) is 19.3 Å². The molecule has 0 aromatic rings. The minimum atomic E-state index is -1.01. The Bertz CT molecular complexity index is 501. The van der Waals surface area contributed by atoms with Gasteiger partial charge < -0.3 is 19.4 Å². The van der Waals surface area contributed by atoms with E-state index in [0.717, 1.165) is 38.5 Å². The first kappa shape index (κ1) is 30.4. The highest BCUT2D eigenvalue weighted by atomic mass is 16.5. The number of aliphatic carboxylic acids is 1. The second kappa shape index (κ2) is 20.0. The van der Waals surface area contributed by atoms with Crippen LogP contribution >= 0.6 is 0 Å². The summed E-state index contributed by atoms with van der Waals surface area (Å²) in [5.41, 5.74) is -0.408. The number of carboxylic acids is 1. The third-order valence-electron chi connectivity index (χ3n) is 5.49. The van der Waals surface area contributed by atoms with E-state index in [9.17, 15) is 19.5 Å². The predicted octanol–water partition coefficient (Wildman–Crippen LogP) is 5.50. The van der Waals surface area contributed by atoms with Crippen molar-refractivity contribution in [2.24, 2.45) is 5.41 Å². The lowest BCUT2D eigenvalue weighted by Crippen LogP contribution is -2.28. The first-order valence-corrected chi connectivity index (χ1v) is 12.8. The van der Waals surface area contributed by atoms with Crippen molar-refractivity contribution in [3.63, 3.8) is 0 Å². The number of hydrogen-bond donors (Lipinski definition) is 0. The van der Waals surface area contributed by atoms with Crippen LogP contribution in [0.15, 0.2) is 0 Å². The standard InChI is InChI=1S/C26H48O6/c1-4-5-6-7-8-9-10-13-16-19-24(29)31-21-26(2,3)22-32-25(30)20-17-14-11-12-15-18-23(27)28/h4-22H2,1-3H3,(H,27,28)/p-1. The third-order valence-corrected chi connectivity index (χ3v) is 5.49. The fourth-order valence-electron chi connectivity index (χ4n) is 3.39. The Balaban J connectivity index is 3.66. The lowest BCUT2D eigenvalue weighted by molar-refractivity contribution is -0.305. The highest BCUT2D eigenvalue weighted by molar-refractivity contribution is 5.69. The van der Waals surface area contributed by atoms with Gasteiger partial charge >= 0.3 is 11.9 Å². The van der Waals surface area contributed by atoms with Gasteiger partial charge in [-0.1, -0.05) is 91.4 Å². The summed E-state index contributed by atoms with van der Waals surface area (Å²) >= 11 is 0. The SMILES string of the molecule is CCCCCCCCCCCC(=O)OCC(C)(C)COC(=O)CCCCCCCC(=O)[O-]. The number of carbonyl (C=O) groups is 3. The molecule has 6 nitrogen and oxygen atoms in total. The molecule has 0 saturated heterocycles. The Labute approximate surface area is 195 Å². The summed E-state index contributed by atoms with van der Waals surface area (Å²) < 4.78 is 10.7. The van der Waals surface area contributed by atoms with Gasteiger partial charge in [0.1, 0.15) is 0 Å². The summed E-state index contributed by atoms with van der Waals surface area (Å²) in [5, 5.41) is 10.3. The number of rotatable bonds is 22. The maximum absolute atomic E-state index is 12.0. The van der Waals surface area contributed by atoms with E-state index in [1.807, 2.05) is 13.8 Å². The molecule has 0 bridgehead atoms. The van der Waals surface area contributed by atoms with Gasteiger partial charge in [-0.2, -0.15) is 0 Å². The smallest absolute Gasteiger partial charge is 0.305 e. The zero-order valence-electron chi connectivity index (χ0n) is 20.9. The predicted molar refractivity (Wildman–Crippen MR) is 125 cm³/mol. The van der Waals surface area contributed by atoms with E-state index in [1.54, 1.807) is 0 Å². The van der Waals surface area contributed by atoms with E-state index < -0.39 is 11.4 Å². The molecule has 0 radical (unpaired) electrons. The number of ether oxygens (including phenoxy) is 2. The third kappa shape index (κ3) is 21.6. The van der Waals surface area contributed by atoms with Crippen molar-refractivity contribution in [2.75, 3.05) is 13.2 Å². The maximum Gasteiger partial charge on any atom is 0.305 e. The first-order chi connectivity index (χ1) is 15.3. The Kier molecular flexibility index (Phi) is 19.1.